The highest BCUT2D eigenvalue weighted by molar-refractivity contribution is 6.39. The summed E-state index contributed by atoms with van der Waals surface area (Å²) in [5, 5.41) is 4.22. The Hall–Kier alpha value is -3.15. The highest BCUT2D eigenvalue weighted by atomic mass is 16.2. The molecule has 2 aromatic rings. The molecule has 0 saturated heterocycles. The van der Waals surface area contributed by atoms with Crippen LogP contribution >= 0.6 is 0 Å². The van der Waals surface area contributed by atoms with Crippen molar-refractivity contribution in [1.82, 2.24) is 10.7 Å². The molecule has 1 aliphatic rings. The summed E-state index contributed by atoms with van der Waals surface area (Å²) in [7, 11) is 0. The fraction of sp³-hybridized carbons (Fsp3) is 0.167. The van der Waals surface area contributed by atoms with E-state index in [0.717, 1.165) is 5.56 Å². The average Bonchev–Trinajstić information content (AvgIpc) is 2.63. The first kappa shape index (κ1) is 15.7. The molecule has 1 aliphatic heterocycles. The third-order valence-electron chi connectivity index (χ3n) is 3.72. The number of rotatable bonds is 4. The molecule has 0 radical (unpaired) electrons. The van der Waals surface area contributed by atoms with Gasteiger partial charge in [0.15, 0.2) is 0 Å². The van der Waals surface area contributed by atoms with Crippen LogP contribution in [0.15, 0.2) is 65.7 Å². The van der Waals surface area contributed by atoms with Crippen LogP contribution in [0.4, 0.5) is 5.69 Å². The predicted octanol–water partition coefficient (Wildman–Crippen LogP) is 1.81. The number of carbonyl (C=O) groups is 2. The van der Waals surface area contributed by atoms with Crippen molar-refractivity contribution in [3.63, 3.8) is 0 Å². The van der Waals surface area contributed by atoms with Gasteiger partial charge in [0, 0.05) is 0 Å². The molecule has 2 N–H and O–H groups in total. The van der Waals surface area contributed by atoms with Crippen LogP contribution in [0, 0.1) is 0 Å². The van der Waals surface area contributed by atoms with Crippen molar-refractivity contribution >= 4 is 23.3 Å². The largest absolute Gasteiger partial charge is 0.343 e. The molecule has 0 spiro atoms. The Morgan fingerprint density at radius 1 is 1.12 bits per heavy atom. The number of nitrogens with zero attached hydrogens (tertiary/aromatic N) is 2. The first-order valence-corrected chi connectivity index (χ1v) is 7.70. The summed E-state index contributed by atoms with van der Waals surface area (Å²) in [6.45, 7) is 1.83. The predicted molar refractivity (Wildman–Crippen MR) is 92.4 cm³/mol. The number of para-hydroxylation sites is 1. The average molecular weight is 322 g/mol. The zero-order valence-electron chi connectivity index (χ0n) is 13.3. The summed E-state index contributed by atoms with van der Waals surface area (Å²) < 4.78 is 0. The maximum absolute atomic E-state index is 12.4. The second kappa shape index (κ2) is 6.95. The number of benzene rings is 2. The van der Waals surface area contributed by atoms with Gasteiger partial charge in [-0.1, -0.05) is 48.5 Å². The lowest BCUT2D eigenvalue weighted by Crippen LogP contribution is -2.56. The number of anilines is 1. The lowest BCUT2D eigenvalue weighted by Gasteiger charge is -2.28. The van der Waals surface area contributed by atoms with Crippen LogP contribution < -0.4 is 15.8 Å². The Kier molecular flexibility index (Phi) is 4.56. The summed E-state index contributed by atoms with van der Waals surface area (Å²) in [6, 6.07) is 18.6. The Morgan fingerprint density at radius 2 is 1.75 bits per heavy atom. The maximum atomic E-state index is 12.4. The molecular weight excluding hydrogens is 304 g/mol. The number of hydrogen-bond acceptors (Lipinski definition) is 4. The number of amidine groups is 1. The van der Waals surface area contributed by atoms with Crippen LogP contribution in [0.5, 0.6) is 0 Å². The van der Waals surface area contributed by atoms with Crippen LogP contribution in [-0.4, -0.2) is 24.2 Å². The van der Waals surface area contributed by atoms with Crippen LogP contribution in [-0.2, 0) is 9.59 Å². The molecule has 24 heavy (non-hydrogen) atoms. The van der Waals surface area contributed by atoms with Crippen molar-refractivity contribution < 1.29 is 9.59 Å². The van der Waals surface area contributed by atoms with E-state index in [0.29, 0.717) is 5.69 Å². The van der Waals surface area contributed by atoms with E-state index < -0.39 is 0 Å². The molecule has 0 unspecified atom stereocenters. The molecule has 0 aromatic heterocycles. The molecular formula is C18H18N4O2. The Labute approximate surface area is 140 Å². The fourth-order valence-electron chi connectivity index (χ4n) is 2.42. The number of carbonyl (C=O) groups excluding carboxylic acids is 2. The minimum absolute atomic E-state index is 0.0651. The molecule has 3 rings (SSSR count). The molecule has 122 valence electrons. The molecule has 0 aliphatic carbocycles. The van der Waals surface area contributed by atoms with Gasteiger partial charge in [-0.25, -0.2) is 5.01 Å². The van der Waals surface area contributed by atoms with Gasteiger partial charge in [-0.3, -0.25) is 20.0 Å². The standard InChI is InChI=1S/C18H18N4O2/c1-13(14-8-4-2-5-9-14)20-18(24)17-19-12-16(23)22(21-17)15-10-6-3-7-11-15/h2-11,13H,12H2,1H3,(H,19,21)(H,20,24)/t13-/m1/s1. The minimum atomic E-state index is -0.347. The number of nitrogens with one attached hydrogen (secondary N) is 2. The van der Waals surface area contributed by atoms with Crippen molar-refractivity contribution in [3.05, 3.63) is 66.2 Å². The van der Waals surface area contributed by atoms with Crippen molar-refractivity contribution in [2.75, 3.05) is 11.6 Å². The van der Waals surface area contributed by atoms with Gasteiger partial charge in [0.2, 0.25) is 5.84 Å². The van der Waals surface area contributed by atoms with Crippen LogP contribution in [0.25, 0.3) is 0 Å². The van der Waals surface area contributed by atoms with E-state index in [9.17, 15) is 9.59 Å². The van der Waals surface area contributed by atoms with E-state index in [1.165, 1.54) is 5.01 Å². The SMILES string of the molecule is C[C@@H](NC(=O)C1=NCC(=O)N(c2ccccc2)N1)c1ccccc1. The van der Waals surface area contributed by atoms with Gasteiger partial charge in [-0.05, 0) is 24.6 Å². The third-order valence-corrected chi connectivity index (χ3v) is 3.72. The first-order valence-electron chi connectivity index (χ1n) is 7.70. The summed E-state index contributed by atoms with van der Waals surface area (Å²) in [5.74, 6) is -0.435. The topological polar surface area (TPSA) is 73.8 Å². The zero-order valence-corrected chi connectivity index (χ0v) is 13.3. The van der Waals surface area contributed by atoms with Crippen molar-refractivity contribution in [1.29, 1.82) is 0 Å². The Morgan fingerprint density at radius 3 is 2.42 bits per heavy atom. The highest BCUT2D eigenvalue weighted by Crippen LogP contribution is 2.14. The van der Waals surface area contributed by atoms with Gasteiger partial charge in [0.05, 0.1) is 11.7 Å². The summed E-state index contributed by atoms with van der Waals surface area (Å²) in [5.41, 5.74) is 4.46. The van der Waals surface area contributed by atoms with E-state index in [1.54, 1.807) is 12.1 Å². The molecule has 2 amide bonds. The van der Waals surface area contributed by atoms with E-state index in [1.807, 2.05) is 55.5 Å². The van der Waals surface area contributed by atoms with Gasteiger partial charge in [-0.2, -0.15) is 0 Å². The van der Waals surface area contributed by atoms with Gasteiger partial charge < -0.3 is 5.32 Å². The van der Waals surface area contributed by atoms with Crippen molar-refractivity contribution in [3.8, 4) is 0 Å². The minimum Gasteiger partial charge on any atom is -0.343 e. The Balaban J connectivity index is 1.70. The van der Waals surface area contributed by atoms with Gasteiger partial charge in [0.25, 0.3) is 11.8 Å². The molecule has 1 atom stereocenters. The molecule has 2 aromatic carbocycles. The zero-order chi connectivity index (χ0) is 16.9. The molecule has 6 heteroatoms. The smallest absolute Gasteiger partial charge is 0.288 e. The number of hydrogen-bond donors (Lipinski definition) is 2. The van der Waals surface area contributed by atoms with E-state index in [4.69, 9.17) is 0 Å². The van der Waals surface area contributed by atoms with E-state index in [2.05, 4.69) is 15.7 Å². The fourth-order valence-corrected chi connectivity index (χ4v) is 2.42. The van der Waals surface area contributed by atoms with Gasteiger partial charge in [0.1, 0.15) is 6.54 Å². The lowest BCUT2D eigenvalue weighted by atomic mass is 10.1. The second-order valence-corrected chi connectivity index (χ2v) is 5.45. The van der Waals surface area contributed by atoms with Crippen LogP contribution in [0.1, 0.15) is 18.5 Å². The highest BCUT2D eigenvalue weighted by Gasteiger charge is 2.26. The number of amides is 2. The first-order chi connectivity index (χ1) is 11.6. The van der Waals surface area contributed by atoms with Crippen LogP contribution in [0.3, 0.4) is 0 Å². The molecule has 1 heterocycles. The summed E-state index contributed by atoms with van der Waals surface area (Å²) in [4.78, 5) is 28.5. The molecule has 0 saturated carbocycles. The lowest BCUT2D eigenvalue weighted by molar-refractivity contribution is -0.118. The third kappa shape index (κ3) is 3.43. The molecule has 6 nitrogen and oxygen atoms in total. The number of aliphatic imine (C=N–C) groups is 1. The summed E-state index contributed by atoms with van der Waals surface area (Å²) in [6.07, 6.45) is 0. The van der Waals surface area contributed by atoms with Gasteiger partial charge in [-0.15, -0.1) is 0 Å². The number of hydrazine groups is 1. The second-order valence-electron chi connectivity index (χ2n) is 5.45. The van der Waals surface area contributed by atoms with Gasteiger partial charge >= 0.3 is 0 Å². The van der Waals surface area contributed by atoms with E-state index in [-0.39, 0.29) is 30.2 Å². The quantitative estimate of drug-likeness (QED) is 0.901. The van der Waals surface area contributed by atoms with Crippen LogP contribution in [0.2, 0.25) is 0 Å². The Bertz CT molecular complexity index is 759. The van der Waals surface area contributed by atoms with Crippen molar-refractivity contribution in [2.24, 2.45) is 4.99 Å². The maximum Gasteiger partial charge on any atom is 0.288 e. The van der Waals surface area contributed by atoms with E-state index >= 15 is 0 Å². The molecule has 0 fully saturated rings. The normalized spacial score (nSPS) is 15.3. The monoisotopic (exact) mass is 322 g/mol. The van der Waals surface area contributed by atoms with Crippen molar-refractivity contribution in [2.45, 2.75) is 13.0 Å². The summed E-state index contributed by atoms with van der Waals surface area (Å²) >= 11 is 0. The molecule has 0 bridgehead atoms.